The van der Waals surface area contributed by atoms with Crippen LogP contribution in [0.2, 0.25) is 0 Å². The van der Waals surface area contributed by atoms with E-state index in [0.717, 1.165) is 88.5 Å². The molecule has 0 aliphatic heterocycles. The lowest BCUT2D eigenvalue weighted by Crippen LogP contribution is -2.18. The van der Waals surface area contributed by atoms with E-state index in [0.29, 0.717) is 11.6 Å². The van der Waals surface area contributed by atoms with Gasteiger partial charge in [0, 0.05) is 38.8 Å². The van der Waals surface area contributed by atoms with E-state index in [-0.39, 0.29) is 5.41 Å². The maximum absolute atomic E-state index is 5.28. The zero-order chi connectivity index (χ0) is 44.9. The minimum absolute atomic E-state index is 0.293. The van der Waals surface area contributed by atoms with Crippen molar-refractivity contribution in [2.75, 3.05) is 0 Å². The molecule has 12 aromatic rings. The van der Waals surface area contributed by atoms with E-state index in [1.807, 2.05) is 0 Å². The summed E-state index contributed by atoms with van der Waals surface area (Å²) in [5.74, 6) is 1.41. The van der Waals surface area contributed by atoms with Crippen LogP contribution in [-0.2, 0) is 5.41 Å². The Bertz CT molecular complexity index is 3370. The third-order valence-electron chi connectivity index (χ3n) is 13.4. The second kappa shape index (κ2) is 16.4. The Morgan fingerprint density at radius 3 is 0.910 bits per heavy atom. The molecule has 0 bridgehead atoms. The molecular formula is C63H44N4. The molecule has 0 saturated heterocycles. The summed E-state index contributed by atoms with van der Waals surface area (Å²) in [5, 5.41) is 9.27. The predicted octanol–water partition coefficient (Wildman–Crippen LogP) is 16.2. The van der Waals surface area contributed by atoms with Gasteiger partial charge in [-0.05, 0) is 66.3 Å². The van der Waals surface area contributed by atoms with Gasteiger partial charge >= 0.3 is 0 Å². The lowest BCUT2D eigenvalue weighted by atomic mass is 9.77. The molecule has 316 valence electrons. The van der Waals surface area contributed by atoms with E-state index in [2.05, 4.69) is 244 Å². The van der Waals surface area contributed by atoms with Gasteiger partial charge in [0.05, 0.1) is 22.8 Å². The van der Waals surface area contributed by atoms with Crippen molar-refractivity contribution in [1.29, 1.82) is 0 Å². The van der Waals surface area contributed by atoms with Gasteiger partial charge in [-0.15, -0.1) is 0 Å². The number of fused-ring (bicyclic) bond motifs is 4. The molecule has 0 N–H and O–H groups in total. The SMILES string of the molecule is CC(C)(c1ccc(-c2cc(-c3cccc4ccccc34)nc(-c3cccc4ccccc34)n2)cc1)c1ccc(-c2cc(-c3cccc4ccccc34)nc(-c3cccc4ccccc34)n2)cc1. The molecule has 67 heavy (non-hydrogen) atoms. The van der Waals surface area contributed by atoms with Crippen molar-refractivity contribution in [3.8, 4) is 67.8 Å². The van der Waals surface area contributed by atoms with Crippen LogP contribution in [0.25, 0.3) is 111 Å². The average Bonchev–Trinajstić information content (AvgIpc) is 3.40. The molecule has 4 nitrogen and oxygen atoms in total. The van der Waals surface area contributed by atoms with Gasteiger partial charge in [0.25, 0.3) is 0 Å². The molecule has 2 heterocycles. The largest absolute Gasteiger partial charge is 0.228 e. The standard InChI is InChI=1S/C63H44N4/c1-63(2,47-35-31-45(32-36-47)57-39-59(53-27-11-19-41-15-3-7-23-49(41)53)66-61(64-57)55-29-13-21-43-17-5-9-25-51(43)55)48-37-33-46(34-38-48)58-40-60(54-28-12-20-42-16-4-8-24-50(42)54)67-62(65-58)56-30-14-22-44-18-6-10-26-52(44)56/h3-40H,1-2H3. The molecule has 2 aromatic heterocycles. The fraction of sp³-hybridized carbons (Fsp3) is 0.0476. The molecule has 0 spiro atoms. The molecule has 0 atom stereocenters. The Balaban J connectivity index is 0.911. The van der Waals surface area contributed by atoms with Crippen LogP contribution in [-0.4, -0.2) is 19.9 Å². The van der Waals surface area contributed by atoms with Gasteiger partial charge in [0.2, 0.25) is 0 Å². The summed E-state index contributed by atoms with van der Waals surface area (Å²) in [6, 6.07) is 81.6. The average molecular weight is 857 g/mol. The van der Waals surface area contributed by atoms with Gasteiger partial charge in [0.1, 0.15) is 0 Å². The molecule has 12 rings (SSSR count). The molecule has 0 saturated carbocycles. The lowest BCUT2D eigenvalue weighted by molar-refractivity contribution is 0.641. The van der Waals surface area contributed by atoms with Crippen molar-refractivity contribution >= 4 is 43.1 Å². The third kappa shape index (κ3) is 7.30. The highest BCUT2D eigenvalue weighted by molar-refractivity contribution is 6.00. The zero-order valence-electron chi connectivity index (χ0n) is 37.2. The highest BCUT2D eigenvalue weighted by Gasteiger charge is 2.24. The quantitative estimate of drug-likeness (QED) is 0.153. The summed E-state index contributed by atoms with van der Waals surface area (Å²) in [5.41, 5.74) is 11.9. The highest BCUT2D eigenvalue weighted by atomic mass is 14.9. The number of nitrogens with zero attached hydrogens (tertiary/aromatic N) is 4. The Hall–Kier alpha value is -8.60. The van der Waals surface area contributed by atoms with Gasteiger partial charge in [-0.1, -0.05) is 232 Å². The van der Waals surface area contributed by atoms with E-state index in [9.17, 15) is 0 Å². The van der Waals surface area contributed by atoms with Crippen molar-refractivity contribution in [1.82, 2.24) is 19.9 Å². The first kappa shape index (κ1) is 40.0. The Labute approximate surface area is 390 Å². The van der Waals surface area contributed by atoms with E-state index in [1.165, 1.54) is 21.9 Å². The van der Waals surface area contributed by atoms with E-state index in [4.69, 9.17) is 19.9 Å². The predicted molar refractivity (Wildman–Crippen MR) is 279 cm³/mol. The van der Waals surface area contributed by atoms with Gasteiger partial charge in [-0.3, -0.25) is 0 Å². The first-order valence-electron chi connectivity index (χ1n) is 22.9. The minimum Gasteiger partial charge on any atom is -0.228 e. The topological polar surface area (TPSA) is 51.6 Å². The lowest BCUT2D eigenvalue weighted by Gasteiger charge is -2.26. The fourth-order valence-corrected chi connectivity index (χ4v) is 9.73. The maximum Gasteiger partial charge on any atom is 0.161 e. The Morgan fingerprint density at radius 1 is 0.269 bits per heavy atom. The molecule has 0 aliphatic rings. The van der Waals surface area contributed by atoms with Crippen molar-refractivity contribution in [3.05, 3.63) is 242 Å². The molecule has 0 fully saturated rings. The van der Waals surface area contributed by atoms with Crippen LogP contribution in [0, 0.1) is 0 Å². The molecule has 0 aliphatic carbocycles. The van der Waals surface area contributed by atoms with Gasteiger partial charge < -0.3 is 0 Å². The van der Waals surface area contributed by atoms with Gasteiger partial charge in [-0.25, -0.2) is 19.9 Å². The van der Waals surface area contributed by atoms with Crippen molar-refractivity contribution in [2.45, 2.75) is 19.3 Å². The molecule has 0 radical (unpaired) electrons. The Morgan fingerprint density at radius 2 is 0.552 bits per heavy atom. The van der Waals surface area contributed by atoms with Crippen LogP contribution in [0.3, 0.4) is 0 Å². The number of rotatable bonds is 8. The molecule has 0 unspecified atom stereocenters. The highest BCUT2D eigenvalue weighted by Crippen LogP contribution is 2.39. The van der Waals surface area contributed by atoms with Crippen LogP contribution >= 0.6 is 0 Å². The maximum atomic E-state index is 5.28. The summed E-state index contributed by atoms with van der Waals surface area (Å²) < 4.78 is 0. The van der Waals surface area contributed by atoms with E-state index in [1.54, 1.807) is 0 Å². The number of benzene rings is 10. The molecule has 10 aromatic carbocycles. The second-order valence-corrected chi connectivity index (χ2v) is 17.8. The number of aromatic nitrogens is 4. The van der Waals surface area contributed by atoms with E-state index >= 15 is 0 Å². The summed E-state index contributed by atoms with van der Waals surface area (Å²) >= 11 is 0. The normalized spacial score (nSPS) is 11.7. The summed E-state index contributed by atoms with van der Waals surface area (Å²) in [4.78, 5) is 21.1. The Kier molecular flexibility index (Phi) is 9.80. The summed E-state index contributed by atoms with van der Waals surface area (Å²) in [6.07, 6.45) is 0. The van der Waals surface area contributed by atoms with Gasteiger partial charge in [0.15, 0.2) is 11.6 Å². The van der Waals surface area contributed by atoms with Crippen LogP contribution in [0.4, 0.5) is 0 Å². The summed E-state index contributed by atoms with van der Waals surface area (Å²) in [7, 11) is 0. The second-order valence-electron chi connectivity index (χ2n) is 17.8. The summed E-state index contributed by atoms with van der Waals surface area (Å²) in [6.45, 7) is 4.59. The first-order valence-corrected chi connectivity index (χ1v) is 22.9. The molecule has 0 amide bonds. The third-order valence-corrected chi connectivity index (χ3v) is 13.4. The van der Waals surface area contributed by atoms with Gasteiger partial charge in [-0.2, -0.15) is 0 Å². The van der Waals surface area contributed by atoms with Crippen molar-refractivity contribution < 1.29 is 0 Å². The van der Waals surface area contributed by atoms with Crippen LogP contribution in [0.1, 0.15) is 25.0 Å². The first-order chi connectivity index (χ1) is 32.9. The van der Waals surface area contributed by atoms with E-state index < -0.39 is 0 Å². The van der Waals surface area contributed by atoms with Crippen molar-refractivity contribution in [2.24, 2.45) is 0 Å². The van der Waals surface area contributed by atoms with Crippen LogP contribution < -0.4 is 0 Å². The molecule has 4 heteroatoms. The fourth-order valence-electron chi connectivity index (χ4n) is 9.73. The van der Waals surface area contributed by atoms with Crippen LogP contribution in [0.5, 0.6) is 0 Å². The van der Waals surface area contributed by atoms with Crippen LogP contribution in [0.15, 0.2) is 231 Å². The molecular weight excluding hydrogens is 813 g/mol. The van der Waals surface area contributed by atoms with Crippen molar-refractivity contribution in [3.63, 3.8) is 0 Å². The monoisotopic (exact) mass is 856 g/mol. The zero-order valence-corrected chi connectivity index (χ0v) is 37.2. The number of hydrogen-bond donors (Lipinski definition) is 0. The minimum atomic E-state index is -0.293. The number of hydrogen-bond acceptors (Lipinski definition) is 4. The smallest absolute Gasteiger partial charge is 0.161 e.